The molecule has 0 saturated carbocycles. The summed E-state index contributed by atoms with van der Waals surface area (Å²) < 4.78 is 23.7. The highest BCUT2D eigenvalue weighted by Crippen LogP contribution is 2.25. The van der Waals surface area contributed by atoms with E-state index in [0.717, 1.165) is 0 Å². The summed E-state index contributed by atoms with van der Waals surface area (Å²) in [4.78, 5) is 27.9. The zero-order chi connectivity index (χ0) is 22.2. The van der Waals surface area contributed by atoms with Crippen molar-refractivity contribution >= 4 is 41.1 Å². The number of carbonyl (C=O) groups excluding carboxylic acids is 2. The summed E-state index contributed by atoms with van der Waals surface area (Å²) in [7, 11) is 1.31. The first-order chi connectivity index (χ1) is 15.0. The fourth-order valence-electron chi connectivity index (χ4n) is 2.59. The molecule has 1 amide bonds. The number of halogens is 2. The summed E-state index contributed by atoms with van der Waals surface area (Å²) >= 11 is 6.23. The topological polar surface area (TPSA) is 77.0 Å². The number of ether oxygens (including phenoxy) is 2. The van der Waals surface area contributed by atoms with Crippen molar-refractivity contribution in [2.45, 2.75) is 0 Å². The SMILES string of the molecule is COC(=O)c1cccc(N=Cc2ccc(OCC(=O)Nc3ccccc3F)c(Cl)c2)c1. The molecule has 8 heteroatoms. The lowest BCUT2D eigenvalue weighted by molar-refractivity contribution is -0.118. The van der Waals surface area contributed by atoms with Gasteiger partial charge >= 0.3 is 5.97 Å². The highest BCUT2D eigenvalue weighted by atomic mass is 35.5. The Morgan fingerprint density at radius 1 is 1.10 bits per heavy atom. The fraction of sp³-hybridized carbons (Fsp3) is 0.0870. The molecule has 0 aliphatic rings. The summed E-state index contributed by atoms with van der Waals surface area (Å²) in [5, 5.41) is 2.71. The van der Waals surface area contributed by atoms with Gasteiger partial charge in [0.15, 0.2) is 6.61 Å². The first kappa shape index (κ1) is 22.0. The molecule has 0 radical (unpaired) electrons. The maximum absolute atomic E-state index is 13.6. The Morgan fingerprint density at radius 3 is 2.65 bits per heavy atom. The van der Waals surface area contributed by atoms with E-state index in [2.05, 4.69) is 10.3 Å². The lowest BCUT2D eigenvalue weighted by Gasteiger charge is -2.09. The normalized spacial score (nSPS) is 10.7. The number of para-hydroxylation sites is 1. The van der Waals surface area contributed by atoms with E-state index in [4.69, 9.17) is 21.1 Å². The van der Waals surface area contributed by atoms with Crippen molar-refractivity contribution in [3.05, 3.63) is 88.7 Å². The quantitative estimate of drug-likeness (QED) is 0.412. The van der Waals surface area contributed by atoms with Crippen LogP contribution in [-0.4, -0.2) is 31.8 Å². The van der Waals surface area contributed by atoms with E-state index in [9.17, 15) is 14.0 Å². The summed E-state index contributed by atoms with van der Waals surface area (Å²) in [5.74, 6) is -1.19. The van der Waals surface area contributed by atoms with Crippen LogP contribution in [0.25, 0.3) is 0 Å². The van der Waals surface area contributed by atoms with Crippen LogP contribution in [0.2, 0.25) is 5.02 Å². The van der Waals surface area contributed by atoms with Gasteiger partial charge in [-0.05, 0) is 54.1 Å². The van der Waals surface area contributed by atoms with Crippen molar-refractivity contribution in [2.24, 2.45) is 4.99 Å². The second kappa shape index (κ2) is 10.4. The Morgan fingerprint density at radius 2 is 1.90 bits per heavy atom. The number of carbonyl (C=O) groups is 2. The van der Waals surface area contributed by atoms with Crippen molar-refractivity contribution < 1.29 is 23.5 Å². The van der Waals surface area contributed by atoms with Crippen molar-refractivity contribution in [3.8, 4) is 5.75 Å². The van der Waals surface area contributed by atoms with Crippen molar-refractivity contribution in [3.63, 3.8) is 0 Å². The van der Waals surface area contributed by atoms with Crippen molar-refractivity contribution in [2.75, 3.05) is 19.0 Å². The Kier molecular flexibility index (Phi) is 7.35. The van der Waals surface area contributed by atoms with E-state index >= 15 is 0 Å². The molecular formula is C23H18ClFN2O4. The Balaban J connectivity index is 1.61. The van der Waals surface area contributed by atoms with Gasteiger partial charge in [-0.1, -0.05) is 29.8 Å². The van der Waals surface area contributed by atoms with E-state index in [1.165, 1.54) is 25.3 Å². The van der Waals surface area contributed by atoms with Gasteiger partial charge < -0.3 is 14.8 Å². The third kappa shape index (κ3) is 6.13. The number of aliphatic imine (C=N–C) groups is 1. The van der Waals surface area contributed by atoms with E-state index in [0.29, 0.717) is 22.6 Å². The van der Waals surface area contributed by atoms with Gasteiger partial charge in [-0.3, -0.25) is 9.79 Å². The molecule has 0 heterocycles. The zero-order valence-corrected chi connectivity index (χ0v) is 17.2. The van der Waals surface area contributed by atoms with Crippen LogP contribution < -0.4 is 10.1 Å². The minimum absolute atomic E-state index is 0.0741. The Hall–Kier alpha value is -3.71. The van der Waals surface area contributed by atoms with Gasteiger partial charge in [-0.25, -0.2) is 9.18 Å². The average molecular weight is 441 g/mol. The summed E-state index contributed by atoms with van der Waals surface area (Å²) in [6.45, 7) is -0.332. The van der Waals surface area contributed by atoms with E-state index in [1.807, 2.05) is 0 Å². The highest BCUT2D eigenvalue weighted by molar-refractivity contribution is 6.32. The first-order valence-electron chi connectivity index (χ1n) is 9.15. The fourth-order valence-corrected chi connectivity index (χ4v) is 2.83. The van der Waals surface area contributed by atoms with Gasteiger partial charge in [0, 0.05) is 6.21 Å². The minimum atomic E-state index is -0.533. The Labute approximate surface area is 183 Å². The third-order valence-electron chi connectivity index (χ3n) is 4.09. The van der Waals surface area contributed by atoms with Crippen LogP contribution in [0.1, 0.15) is 15.9 Å². The monoisotopic (exact) mass is 440 g/mol. The maximum atomic E-state index is 13.6. The van der Waals surface area contributed by atoms with Crippen LogP contribution in [0.15, 0.2) is 71.7 Å². The first-order valence-corrected chi connectivity index (χ1v) is 9.53. The molecule has 3 rings (SSSR count). The van der Waals surface area contributed by atoms with E-state index < -0.39 is 17.7 Å². The van der Waals surface area contributed by atoms with Crippen LogP contribution in [-0.2, 0) is 9.53 Å². The second-order valence-electron chi connectivity index (χ2n) is 6.31. The molecule has 0 unspecified atom stereocenters. The number of nitrogens with one attached hydrogen (secondary N) is 1. The number of hydrogen-bond acceptors (Lipinski definition) is 5. The standard InChI is InChI=1S/C23H18ClFN2O4/c1-30-23(29)16-5-4-6-17(12-16)26-13-15-9-10-21(18(24)11-15)31-14-22(28)27-20-8-3-2-7-19(20)25/h2-13H,14H2,1H3,(H,27,28). The molecule has 0 fully saturated rings. The third-order valence-corrected chi connectivity index (χ3v) is 4.39. The van der Waals surface area contributed by atoms with Crippen LogP contribution in [0, 0.1) is 5.82 Å². The number of benzene rings is 3. The van der Waals surface area contributed by atoms with Gasteiger partial charge in [0.25, 0.3) is 5.91 Å². The van der Waals surface area contributed by atoms with E-state index in [-0.39, 0.29) is 17.3 Å². The van der Waals surface area contributed by atoms with Gasteiger partial charge in [0.2, 0.25) is 0 Å². The van der Waals surface area contributed by atoms with Gasteiger partial charge in [0.05, 0.1) is 29.1 Å². The minimum Gasteiger partial charge on any atom is -0.482 e. The number of methoxy groups -OCH3 is 1. The van der Waals surface area contributed by atoms with Crippen LogP contribution in [0.4, 0.5) is 15.8 Å². The largest absolute Gasteiger partial charge is 0.482 e. The summed E-state index contributed by atoms with van der Waals surface area (Å²) in [6, 6.07) is 17.5. The molecule has 0 spiro atoms. The average Bonchev–Trinajstić information content (AvgIpc) is 2.78. The molecule has 0 aromatic heterocycles. The molecule has 3 aromatic carbocycles. The lowest BCUT2D eigenvalue weighted by Crippen LogP contribution is -2.20. The Bertz CT molecular complexity index is 1130. The summed E-state index contributed by atoms with van der Waals surface area (Å²) in [6.07, 6.45) is 1.58. The molecule has 6 nitrogen and oxygen atoms in total. The molecule has 0 aliphatic carbocycles. The number of anilines is 1. The van der Waals surface area contributed by atoms with Gasteiger partial charge in [-0.15, -0.1) is 0 Å². The smallest absolute Gasteiger partial charge is 0.337 e. The van der Waals surface area contributed by atoms with Gasteiger partial charge in [0.1, 0.15) is 11.6 Å². The highest BCUT2D eigenvalue weighted by Gasteiger charge is 2.09. The zero-order valence-electron chi connectivity index (χ0n) is 16.5. The van der Waals surface area contributed by atoms with Crippen LogP contribution in [0.3, 0.4) is 0 Å². The molecular weight excluding hydrogens is 423 g/mol. The van der Waals surface area contributed by atoms with Gasteiger partial charge in [-0.2, -0.15) is 0 Å². The number of hydrogen-bond donors (Lipinski definition) is 1. The number of esters is 1. The molecule has 0 bridgehead atoms. The molecule has 158 valence electrons. The van der Waals surface area contributed by atoms with Crippen molar-refractivity contribution in [1.82, 2.24) is 0 Å². The van der Waals surface area contributed by atoms with Crippen LogP contribution >= 0.6 is 11.6 Å². The predicted molar refractivity (Wildman–Crippen MR) is 117 cm³/mol. The molecule has 31 heavy (non-hydrogen) atoms. The second-order valence-corrected chi connectivity index (χ2v) is 6.71. The van der Waals surface area contributed by atoms with Crippen LogP contribution in [0.5, 0.6) is 5.75 Å². The molecule has 3 aromatic rings. The number of nitrogens with zero attached hydrogens (tertiary/aromatic N) is 1. The molecule has 0 atom stereocenters. The molecule has 0 aliphatic heterocycles. The number of amides is 1. The lowest BCUT2D eigenvalue weighted by atomic mass is 10.2. The van der Waals surface area contributed by atoms with Crippen molar-refractivity contribution in [1.29, 1.82) is 0 Å². The predicted octanol–water partition coefficient (Wildman–Crippen LogP) is 5.03. The summed E-state index contributed by atoms with van der Waals surface area (Å²) in [5.41, 5.74) is 1.73. The molecule has 1 N–H and O–H groups in total. The maximum Gasteiger partial charge on any atom is 0.337 e. The molecule has 0 saturated heterocycles. The number of rotatable bonds is 7. The van der Waals surface area contributed by atoms with E-state index in [1.54, 1.807) is 54.7 Å².